The van der Waals surface area contributed by atoms with E-state index in [9.17, 15) is 4.79 Å². The Bertz CT molecular complexity index is 295. The van der Waals surface area contributed by atoms with Gasteiger partial charge in [-0.15, -0.1) is 0 Å². The average molecular weight is 253 g/mol. The summed E-state index contributed by atoms with van der Waals surface area (Å²) in [6.07, 6.45) is 5.55. The van der Waals surface area contributed by atoms with Crippen LogP contribution in [-0.2, 0) is 4.79 Å². The fourth-order valence-corrected chi connectivity index (χ4v) is 3.29. The lowest BCUT2D eigenvalue weighted by molar-refractivity contribution is -0.127. The van der Waals surface area contributed by atoms with Crippen LogP contribution in [0.1, 0.15) is 39.0 Å². The fraction of sp³-hybridized carbons (Fsp3) is 0.929. The largest absolute Gasteiger partial charge is 0.354 e. The Kier molecular flexibility index (Phi) is 4.62. The smallest absolute Gasteiger partial charge is 0.224 e. The van der Waals surface area contributed by atoms with E-state index in [-0.39, 0.29) is 17.9 Å². The van der Waals surface area contributed by atoms with Gasteiger partial charge in [-0.3, -0.25) is 4.79 Å². The summed E-state index contributed by atoms with van der Waals surface area (Å²) in [6, 6.07) is 0.577. The van der Waals surface area contributed by atoms with E-state index in [1.54, 1.807) is 0 Å². The summed E-state index contributed by atoms with van der Waals surface area (Å²) in [5.41, 5.74) is 6.08. The molecule has 1 heterocycles. The van der Waals surface area contributed by atoms with E-state index in [2.05, 4.69) is 24.2 Å². The zero-order chi connectivity index (χ0) is 13.1. The summed E-state index contributed by atoms with van der Waals surface area (Å²) in [4.78, 5) is 14.5. The Labute approximate surface area is 110 Å². The Morgan fingerprint density at radius 1 is 1.39 bits per heavy atom. The van der Waals surface area contributed by atoms with E-state index in [1.807, 2.05) is 0 Å². The van der Waals surface area contributed by atoms with Gasteiger partial charge in [-0.25, -0.2) is 0 Å². The van der Waals surface area contributed by atoms with Crippen LogP contribution in [0, 0.1) is 11.8 Å². The highest BCUT2D eigenvalue weighted by Gasteiger charge is 2.32. The molecule has 1 saturated heterocycles. The summed E-state index contributed by atoms with van der Waals surface area (Å²) in [5.74, 6) is 0.838. The molecule has 2 rings (SSSR count). The molecule has 0 aromatic rings. The van der Waals surface area contributed by atoms with Crippen molar-refractivity contribution in [3.63, 3.8) is 0 Å². The lowest BCUT2D eigenvalue weighted by atomic mass is 9.79. The van der Waals surface area contributed by atoms with E-state index >= 15 is 0 Å². The Hall–Kier alpha value is -0.610. The molecule has 4 atom stereocenters. The first-order valence-electron chi connectivity index (χ1n) is 7.31. The minimum Gasteiger partial charge on any atom is -0.354 e. The van der Waals surface area contributed by atoms with Crippen molar-refractivity contribution in [2.75, 3.05) is 20.1 Å². The Morgan fingerprint density at radius 2 is 2.17 bits per heavy atom. The summed E-state index contributed by atoms with van der Waals surface area (Å²) < 4.78 is 0. The number of likely N-dealkylation sites (N-methyl/N-ethyl adjacent to an activating group) is 1. The van der Waals surface area contributed by atoms with Gasteiger partial charge >= 0.3 is 0 Å². The average Bonchev–Trinajstić information content (AvgIpc) is 2.75. The Morgan fingerprint density at radius 3 is 2.83 bits per heavy atom. The fourth-order valence-electron chi connectivity index (χ4n) is 3.29. The number of amides is 1. The van der Waals surface area contributed by atoms with Crippen molar-refractivity contribution in [2.24, 2.45) is 17.6 Å². The highest BCUT2D eigenvalue weighted by atomic mass is 16.1. The van der Waals surface area contributed by atoms with Gasteiger partial charge in [-0.1, -0.05) is 6.92 Å². The van der Waals surface area contributed by atoms with Crippen LogP contribution in [-0.4, -0.2) is 43.0 Å². The van der Waals surface area contributed by atoms with Crippen molar-refractivity contribution in [3.8, 4) is 0 Å². The zero-order valence-corrected chi connectivity index (χ0v) is 11.7. The SMILES string of the molecule is CC1CCC(N)C(C(=O)NCC2CCCN2C)C1. The van der Waals surface area contributed by atoms with Crippen LogP contribution in [0.15, 0.2) is 0 Å². The van der Waals surface area contributed by atoms with E-state index in [0.29, 0.717) is 12.0 Å². The van der Waals surface area contributed by atoms with E-state index in [0.717, 1.165) is 32.4 Å². The van der Waals surface area contributed by atoms with Crippen LogP contribution < -0.4 is 11.1 Å². The molecule has 0 bridgehead atoms. The first kappa shape index (κ1) is 13.8. The number of hydrogen-bond acceptors (Lipinski definition) is 3. The minimum atomic E-state index is 0.0282. The van der Waals surface area contributed by atoms with Gasteiger partial charge < -0.3 is 16.0 Å². The highest BCUT2D eigenvalue weighted by Crippen LogP contribution is 2.28. The quantitative estimate of drug-likeness (QED) is 0.787. The van der Waals surface area contributed by atoms with E-state index in [4.69, 9.17) is 5.73 Å². The molecule has 1 aliphatic heterocycles. The van der Waals surface area contributed by atoms with Gasteiger partial charge in [0.25, 0.3) is 0 Å². The van der Waals surface area contributed by atoms with Gasteiger partial charge in [0, 0.05) is 18.6 Å². The summed E-state index contributed by atoms with van der Waals surface area (Å²) in [6.45, 7) is 4.16. The van der Waals surface area contributed by atoms with Crippen LogP contribution in [0.25, 0.3) is 0 Å². The number of nitrogens with two attached hydrogens (primary N) is 1. The first-order chi connectivity index (χ1) is 8.58. The van der Waals surface area contributed by atoms with Crippen LogP contribution in [0.3, 0.4) is 0 Å². The van der Waals surface area contributed by atoms with Crippen molar-refractivity contribution < 1.29 is 4.79 Å². The summed E-state index contributed by atoms with van der Waals surface area (Å²) in [7, 11) is 2.14. The van der Waals surface area contributed by atoms with Gasteiger partial charge in [-0.05, 0) is 51.6 Å². The maximum Gasteiger partial charge on any atom is 0.224 e. The number of carbonyl (C=O) groups excluding carboxylic acids is 1. The molecule has 3 N–H and O–H groups in total. The maximum absolute atomic E-state index is 12.2. The molecule has 0 radical (unpaired) electrons. The second kappa shape index (κ2) is 6.02. The molecule has 4 heteroatoms. The van der Waals surface area contributed by atoms with Gasteiger partial charge in [-0.2, -0.15) is 0 Å². The molecule has 18 heavy (non-hydrogen) atoms. The van der Waals surface area contributed by atoms with E-state index < -0.39 is 0 Å². The molecule has 2 fully saturated rings. The van der Waals surface area contributed by atoms with Crippen LogP contribution >= 0.6 is 0 Å². The highest BCUT2D eigenvalue weighted by molar-refractivity contribution is 5.79. The number of rotatable bonds is 3. The minimum absolute atomic E-state index is 0.0282. The van der Waals surface area contributed by atoms with Gasteiger partial charge in [0.1, 0.15) is 0 Å². The van der Waals surface area contributed by atoms with Crippen molar-refractivity contribution in [1.29, 1.82) is 0 Å². The molecule has 4 nitrogen and oxygen atoms in total. The van der Waals surface area contributed by atoms with Crippen molar-refractivity contribution >= 4 is 5.91 Å². The standard InChI is InChI=1S/C14H27N3O/c1-10-5-6-13(15)12(8-10)14(18)16-9-11-4-3-7-17(11)2/h10-13H,3-9,15H2,1-2H3,(H,16,18). The van der Waals surface area contributed by atoms with Gasteiger partial charge in [0.05, 0.1) is 5.92 Å². The van der Waals surface area contributed by atoms with Crippen molar-refractivity contribution in [3.05, 3.63) is 0 Å². The van der Waals surface area contributed by atoms with Crippen molar-refractivity contribution in [1.82, 2.24) is 10.2 Å². The third-order valence-electron chi connectivity index (χ3n) is 4.69. The monoisotopic (exact) mass is 253 g/mol. The molecular weight excluding hydrogens is 226 g/mol. The molecule has 2 aliphatic rings. The number of likely N-dealkylation sites (tertiary alicyclic amines) is 1. The zero-order valence-electron chi connectivity index (χ0n) is 11.7. The van der Waals surface area contributed by atoms with Crippen LogP contribution in [0.4, 0.5) is 0 Å². The lowest BCUT2D eigenvalue weighted by Crippen LogP contribution is -2.47. The van der Waals surface area contributed by atoms with Crippen molar-refractivity contribution in [2.45, 2.75) is 51.1 Å². The molecule has 0 aromatic heterocycles. The molecule has 104 valence electrons. The molecule has 0 aromatic carbocycles. The maximum atomic E-state index is 12.2. The predicted octanol–water partition coefficient (Wildman–Crippen LogP) is 0.960. The van der Waals surface area contributed by atoms with E-state index in [1.165, 1.54) is 12.8 Å². The van der Waals surface area contributed by atoms with Gasteiger partial charge in [0.2, 0.25) is 5.91 Å². The molecular formula is C14H27N3O. The summed E-state index contributed by atoms with van der Waals surface area (Å²) in [5, 5.41) is 3.12. The Balaban J connectivity index is 1.79. The molecule has 4 unspecified atom stereocenters. The predicted molar refractivity (Wildman–Crippen MR) is 73.1 cm³/mol. The molecule has 1 aliphatic carbocycles. The van der Waals surface area contributed by atoms with Gasteiger partial charge in [0.15, 0.2) is 0 Å². The second-order valence-corrected chi connectivity index (χ2v) is 6.21. The third-order valence-corrected chi connectivity index (χ3v) is 4.69. The van der Waals surface area contributed by atoms with Crippen LogP contribution in [0.2, 0.25) is 0 Å². The normalized spacial score (nSPS) is 37.7. The lowest BCUT2D eigenvalue weighted by Gasteiger charge is -2.32. The second-order valence-electron chi connectivity index (χ2n) is 6.21. The molecule has 1 saturated carbocycles. The summed E-state index contributed by atoms with van der Waals surface area (Å²) >= 11 is 0. The molecule has 0 spiro atoms. The number of nitrogens with one attached hydrogen (secondary N) is 1. The number of nitrogens with zero attached hydrogens (tertiary/aromatic N) is 1. The first-order valence-corrected chi connectivity index (χ1v) is 7.31. The van der Waals surface area contributed by atoms with Crippen LogP contribution in [0.5, 0.6) is 0 Å². The number of hydrogen-bond donors (Lipinski definition) is 2. The third kappa shape index (κ3) is 3.23. The number of carbonyl (C=O) groups is 1. The topological polar surface area (TPSA) is 58.4 Å². The molecule has 1 amide bonds.